The van der Waals surface area contributed by atoms with Crippen molar-refractivity contribution in [3.05, 3.63) is 44.5 Å². The van der Waals surface area contributed by atoms with Crippen LogP contribution in [0.5, 0.6) is 5.75 Å². The Morgan fingerprint density at radius 1 is 1.52 bits per heavy atom. The van der Waals surface area contributed by atoms with E-state index in [2.05, 4.69) is 26.3 Å². The standard InChI is InChI=1S/C12H11BrN4O4/c1-7-11(13)12(17(20)21)15-16(7)6-10(19)14-8-4-2-3-5-9(8)18/h2-5,18H,6H2,1H3,(H,14,19). The lowest BCUT2D eigenvalue weighted by Crippen LogP contribution is -2.20. The molecule has 0 atom stereocenters. The Bertz CT molecular complexity index is 713. The highest BCUT2D eigenvalue weighted by Gasteiger charge is 2.24. The number of nitrogens with zero attached hydrogens (tertiary/aromatic N) is 3. The highest BCUT2D eigenvalue weighted by atomic mass is 79.9. The summed E-state index contributed by atoms with van der Waals surface area (Å²) in [7, 11) is 0. The second kappa shape index (κ2) is 5.92. The molecule has 2 N–H and O–H groups in total. The van der Waals surface area contributed by atoms with Gasteiger partial charge in [0.25, 0.3) is 0 Å². The molecule has 1 heterocycles. The van der Waals surface area contributed by atoms with E-state index in [1.165, 1.54) is 10.7 Å². The van der Waals surface area contributed by atoms with Gasteiger partial charge in [0.15, 0.2) is 0 Å². The summed E-state index contributed by atoms with van der Waals surface area (Å²) in [6.07, 6.45) is 0. The number of carbonyl (C=O) groups excluding carboxylic acids is 1. The predicted molar refractivity (Wildman–Crippen MR) is 78.1 cm³/mol. The number of aromatic nitrogens is 2. The van der Waals surface area contributed by atoms with Gasteiger partial charge in [0.05, 0.1) is 16.5 Å². The molecule has 0 aliphatic carbocycles. The molecular formula is C12H11BrN4O4. The van der Waals surface area contributed by atoms with Gasteiger partial charge in [-0.1, -0.05) is 12.1 Å². The normalized spacial score (nSPS) is 10.4. The van der Waals surface area contributed by atoms with Crippen molar-refractivity contribution in [3.8, 4) is 5.75 Å². The molecule has 1 aromatic heterocycles. The first-order valence-electron chi connectivity index (χ1n) is 5.85. The van der Waals surface area contributed by atoms with Crippen molar-refractivity contribution in [2.45, 2.75) is 13.5 Å². The number of benzene rings is 1. The van der Waals surface area contributed by atoms with Crippen LogP contribution in [0.25, 0.3) is 0 Å². The van der Waals surface area contributed by atoms with Crippen molar-refractivity contribution in [2.24, 2.45) is 0 Å². The Morgan fingerprint density at radius 2 is 2.19 bits per heavy atom. The maximum absolute atomic E-state index is 11.9. The van der Waals surface area contributed by atoms with Crippen molar-refractivity contribution in [1.82, 2.24) is 9.78 Å². The first kappa shape index (κ1) is 15.0. The van der Waals surface area contributed by atoms with Crippen LogP contribution < -0.4 is 5.32 Å². The lowest BCUT2D eigenvalue weighted by Gasteiger charge is -2.06. The molecule has 0 saturated carbocycles. The number of hydrogen-bond acceptors (Lipinski definition) is 5. The molecule has 9 heteroatoms. The summed E-state index contributed by atoms with van der Waals surface area (Å²) in [6, 6.07) is 6.27. The Kier molecular flexibility index (Phi) is 4.22. The summed E-state index contributed by atoms with van der Waals surface area (Å²) in [4.78, 5) is 22.1. The van der Waals surface area contributed by atoms with E-state index in [9.17, 15) is 20.0 Å². The van der Waals surface area contributed by atoms with Crippen LogP contribution in [-0.4, -0.2) is 25.7 Å². The molecule has 0 aliphatic heterocycles. The third-order valence-electron chi connectivity index (χ3n) is 2.76. The molecule has 0 fully saturated rings. The molecule has 1 aromatic carbocycles. The molecule has 0 saturated heterocycles. The largest absolute Gasteiger partial charge is 0.506 e. The topological polar surface area (TPSA) is 110 Å². The van der Waals surface area contributed by atoms with Gasteiger partial charge in [0.1, 0.15) is 16.8 Å². The van der Waals surface area contributed by atoms with Gasteiger partial charge in [-0.2, -0.15) is 4.68 Å². The Morgan fingerprint density at radius 3 is 2.76 bits per heavy atom. The van der Waals surface area contributed by atoms with E-state index in [1.54, 1.807) is 25.1 Å². The van der Waals surface area contributed by atoms with Crippen LogP contribution in [0.4, 0.5) is 11.5 Å². The third kappa shape index (κ3) is 3.19. The molecule has 0 unspecified atom stereocenters. The van der Waals surface area contributed by atoms with Crippen LogP contribution in [0, 0.1) is 17.0 Å². The highest BCUT2D eigenvalue weighted by molar-refractivity contribution is 9.10. The summed E-state index contributed by atoms with van der Waals surface area (Å²) in [5.41, 5.74) is 0.731. The van der Waals surface area contributed by atoms with Crippen LogP contribution in [-0.2, 0) is 11.3 Å². The van der Waals surface area contributed by atoms with Crippen LogP contribution in [0.1, 0.15) is 5.69 Å². The molecule has 8 nitrogen and oxygen atoms in total. The van der Waals surface area contributed by atoms with Crippen molar-refractivity contribution < 1.29 is 14.8 Å². The molecular weight excluding hydrogens is 344 g/mol. The van der Waals surface area contributed by atoms with Gasteiger partial charge in [0, 0.05) is 0 Å². The maximum Gasteiger partial charge on any atom is 0.404 e. The maximum atomic E-state index is 11.9. The number of aromatic hydroxyl groups is 1. The molecule has 0 radical (unpaired) electrons. The zero-order chi connectivity index (χ0) is 15.6. The average Bonchev–Trinajstić information content (AvgIpc) is 2.70. The van der Waals surface area contributed by atoms with Gasteiger partial charge in [-0.25, -0.2) is 0 Å². The molecule has 0 spiro atoms. The number of halogens is 1. The Hall–Kier alpha value is -2.42. The van der Waals surface area contributed by atoms with E-state index in [0.717, 1.165) is 0 Å². The molecule has 21 heavy (non-hydrogen) atoms. The molecule has 0 aliphatic rings. The lowest BCUT2D eigenvalue weighted by molar-refractivity contribution is -0.390. The number of carbonyl (C=O) groups is 1. The van der Waals surface area contributed by atoms with E-state index in [-0.39, 0.29) is 28.3 Å². The minimum atomic E-state index is -0.630. The second-order valence-electron chi connectivity index (χ2n) is 4.20. The number of nitro groups is 1. The van der Waals surface area contributed by atoms with Crippen molar-refractivity contribution >= 4 is 33.3 Å². The van der Waals surface area contributed by atoms with Crippen LogP contribution in [0.3, 0.4) is 0 Å². The number of phenolic OH excluding ortho intramolecular Hbond substituents is 1. The highest BCUT2D eigenvalue weighted by Crippen LogP contribution is 2.27. The zero-order valence-corrected chi connectivity index (χ0v) is 12.5. The van der Waals surface area contributed by atoms with E-state index in [4.69, 9.17) is 0 Å². The van der Waals surface area contributed by atoms with Gasteiger partial charge in [-0.3, -0.25) is 4.79 Å². The average molecular weight is 355 g/mol. The van der Waals surface area contributed by atoms with E-state index in [1.807, 2.05) is 0 Å². The quantitative estimate of drug-likeness (QED) is 0.496. The summed E-state index contributed by atoms with van der Waals surface area (Å²) < 4.78 is 1.46. The first-order valence-corrected chi connectivity index (χ1v) is 6.64. The number of hydrogen-bond donors (Lipinski definition) is 2. The van der Waals surface area contributed by atoms with Crippen molar-refractivity contribution in [1.29, 1.82) is 0 Å². The van der Waals surface area contributed by atoms with E-state index < -0.39 is 10.8 Å². The van der Waals surface area contributed by atoms with Crippen LogP contribution in [0.2, 0.25) is 0 Å². The van der Waals surface area contributed by atoms with Crippen molar-refractivity contribution in [2.75, 3.05) is 5.32 Å². The fraction of sp³-hybridized carbons (Fsp3) is 0.167. The van der Waals surface area contributed by atoms with Gasteiger partial charge >= 0.3 is 5.82 Å². The predicted octanol–water partition coefficient (Wildman–Crippen LogP) is 2.21. The second-order valence-corrected chi connectivity index (χ2v) is 5.00. The fourth-order valence-corrected chi connectivity index (χ4v) is 2.11. The Balaban J connectivity index is 2.15. The minimum Gasteiger partial charge on any atom is -0.506 e. The first-order chi connectivity index (χ1) is 9.90. The van der Waals surface area contributed by atoms with Gasteiger partial charge in [0.2, 0.25) is 5.91 Å². The number of rotatable bonds is 4. The fourth-order valence-electron chi connectivity index (χ4n) is 1.68. The number of para-hydroxylation sites is 2. The van der Waals surface area contributed by atoms with Gasteiger partial charge in [-0.05, 0) is 39.9 Å². The molecule has 110 valence electrons. The minimum absolute atomic E-state index is 0.0600. The Labute approximate surface area is 127 Å². The van der Waals surface area contributed by atoms with Gasteiger partial charge in [-0.15, -0.1) is 0 Å². The van der Waals surface area contributed by atoms with Gasteiger partial charge < -0.3 is 20.5 Å². The molecule has 1 amide bonds. The van der Waals surface area contributed by atoms with E-state index >= 15 is 0 Å². The number of anilines is 1. The van der Waals surface area contributed by atoms with Crippen LogP contribution >= 0.6 is 15.9 Å². The smallest absolute Gasteiger partial charge is 0.404 e. The number of amides is 1. The number of phenols is 1. The summed E-state index contributed by atoms with van der Waals surface area (Å²) in [5.74, 6) is -0.859. The molecule has 0 bridgehead atoms. The third-order valence-corrected chi connectivity index (χ3v) is 3.69. The van der Waals surface area contributed by atoms with Crippen molar-refractivity contribution in [3.63, 3.8) is 0 Å². The summed E-state index contributed by atoms with van der Waals surface area (Å²) in [6.45, 7) is 1.41. The number of nitrogens with one attached hydrogen (secondary N) is 1. The molecule has 2 aromatic rings. The SMILES string of the molecule is Cc1c(Br)c([N+](=O)[O-])nn1CC(=O)Nc1ccccc1O. The van der Waals surface area contributed by atoms with Crippen LogP contribution in [0.15, 0.2) is 28.7 Å². The van der Waals surface area contributed by atoms with E-state index in [0.29, 0.717) is 5.69 Å². The zero-order valence-electron chi connectivity index (χ0n) is 10.9. The lowest BCUT2D eigenvalue weighted by atomic mass is 10.3. The summed E-state index contributed by atoms with van der Waals surface area (Å²) >= 11 is 3.07. The monoisotopic (exact) mass is 354 g/mol. The molecule has 2 rings (SSSR count). The summed E-state index contributed by atoms with van der Waals surface area (Å²) in [5, 5.41) is 26.6.